The van der Waals surface area contributed by atoms with Gasteiger partial charge in [0, 0.05) is 30.6 Å². The van der Waals surface area contributed by atoms with Crippen molar-refractivity contribution >= 4 is 5.91 Å². The van der Waals surface area contributed by atoms with Gasteiger partial charge in [-0.05, 0) is 73.2 Å². The van der Waals surface area contributed by atoms with Gasteiger partial charge in [0.15, 0.2) is 0 Å². The number of fused-ring (bicyclic) bond motifs is 2. The van der Waals surface area contributed by atoms with E-state index in [0.29, 0.717) is 11.3 Å². The molecule has 3 nitrogen and oxygen atoms in total. The molecule has 2 bridgehead atoms. The molecule has 0 aromatic heterocycles. The molecule has 1 spiro atoms. The van der Waals surface area contributed by atoms with Gasteiger partial charge in [-0.1, -0.05) is 49.4 Å². The SMILES string of the molecule is CNC(=O)c1cccc(C23CCN(CCc4ccccc4)C4CCC4(C2)C3C)c1. The number of nitrogens with one attached hydrogen (secondary N) is 1. The summed E-state index contributed by atoms with van der Waals surface area (Å²) in [4.78, 5) is 15.0. The van der Waals surface area contributed by atoms with E-state index in [4.69, 9.17) is 0 Å². The van der Waals surface area contributed by atoms with Crippen LogP contribution in [0, 0.1) is 11.3 Å². The molecule has 4 fully saturated rings. The van der Waals surface area contributed by atoms with Crippen molar-refractivity contribution in [3.63, 3.8) is 0 Å². The summed E-state index contributed by atoms with van der Waals surface area (Å²) >= 11 is 0. The highest BCUT2D eigenvalue weighted by Gasteiger charge is 2.69. The monoisotopic (exact) mass is 388 g/mol. The van der Waals surface area contributed by atoms with Crippen molar-refractivity contribution < 1.29 is 4.79 Å². The Morgan fingerprint density at radius 1 is 1.14 bits per heavy atom. The van der Waals surface area contributed by atoms with E-state index in [1.54, 1.807) is 7.05 Å². The molecule has 2 aromatic rings. The van der Waals surface area contributed by atoms with Crippen LogP contribution >= 0.6 is 0 Å². The topological polar surface area (TPSA) is 32.3 Å². The largest absolute Gasteiger partial charge is 0.355 e. The van der Waals surface area contributed by atoms with Crippen LogP contribution in [-0.4, -0.2) is 37.0 Å². The van der Waals surface area contributed by atoms with Crippen molar-refractivity contribution in [1.29, 1.82) is 0 Å². The normalized spacial score (nSPS) is 33.0. The van der Waals surface area contributed by atoms with Gasteiger partial charge in [0.2, 0.25) is 0 Å². The molecule has 1 N–H and O–H groups in total. The van der Waals surface area contributed by atoms with Crippen LogP contribution < -0.4 is 5.32 Å². The number of amides is 1. The first-order valence-electron chi connectivity index (χ1n) is 11.2. The van der Waals surface area contributed by atoms with Crippen molar-refractivity contribution in [2.24, 2.45) is 11.3 Å². The molecule has 4 unspecified atom stereocenters. The minimum Gasteiger partial charge on any atom is -0.355 e. The molecular formula is C26H32N2O. The summed E-state index contributed by atoms with van der Waals surface area (Å²) in [5, 5.41) is 2.78. The van der Waals surface area contributed by atoms with Crippen LogP contribution in [0.1, 0.15) is 54.1 Å². The molecule has 4 atom stereocenters. The van der Waals surface area contributed by atoms with Gasteiger partial charge in [-0.25, -0.2) is 0 Å². The maximum Gasteiger partial charge on any atom is 0.251 e. The Labute approximate surface area is 174 Å². The van der Waals surface area contributed by atoms with Crippen LogP contribution in [0.15, 0.2) is 54.6 Å². The molecule has 29 heavy (non-hydrogen) atoms. The molecule has 6 rings (SSSR count). The summed E-state index contributed by atoms with van der Waals surface area (Å²) in [6.07, 6.45) is 6.37. The first-order chi connectivity index (χ1) is 14.1. The summed E-state index contributed by atoms with van der Waals surface area (Å²) in [6.45, 7) is 4.83. The number of carbonyl (C=O) groups excluding carboxylic acids is 1. The average molecular weight is 389 g/mol. The summed E-state index contributed by atoms with van der Waals surface area (Å²) < 4.78 is 0. The molecule has 152 valence electrons. The maximum atomic E-state index is 12.2. The lowest BCUT2D eigenvalue weighted by atomic mass is 9.36. The first kappa shape index (κ1) is 18.9. The molecule has 2 saturated heterocycles. The van der Waals surface area contributed by atoms with Gasteiger partial charge >= 0.3 is 0 Å². The van der Waals surface area contributed by atoms with Crippen molar-refractivity contribution in [3.8, 4) is 0 Å². The molecule has 2 aliphatic heterocycles. The number of hydrogen-bond donors (Lipinski definition) is 1. The molecule has 1 amide bonds. The Balaban J connectivity index is 1.39. The maximum absolute atomic E-state index is 12.2. The van der Waals surface area contributed by atoms with Crippen LogP contribution in [0.4, 0.5) is 0 Å². The highest BCUT2D eigenvalue weighted by Crippen LogP contribution is 2.72. The minimum atomic E-state index is 0.0181. The third-order valence-corrected chi connectivity index (χ3v) is 8.63. The summed E-state index contributed by atoms with van der Waals surface area (Å²) in [6, 6.07) is 20.1. The van der Waals surface area contributed by atoms with E-state index in [9.17, 15) is 4.79 Å². The summed E-state index contributed by atoms with van der Waals surface area (Å²) in [7, 11) is 1.71. The Morgan fingerprint density at radius 3 is 2.66 bits per heavy atom. The van der Waals surface area contributed by atoms with Crippen molar-refractivity contribution in [1.82, 2.24) is 10.2 Å². The number of carbonyl (C=O) groups is 1. The van der Waals surface area contributed by atoms with Gasteiger partial charge in [0.1, 0.15) is 0 Å². The second kappa shape index (κ2) is 6.98. The molecule has 2 aromatic carbocycles. The van der Waals surface area contributed by atoms with E-state index in [0.717, 1.165) is 24.6 Å². The van der Waals surface area contributed by atoms with E-state index < -0.39 is 0 Å². The van der Waals surface area contributed by atoms with Crippen LogP contribution in [0.2, 0.25) is 0 Å². The second-order valence-electron chi connectivity index (χ2n) is 9.52. The predicted molar refractivity (Wildman–Crippen MR) is 117 cm³/mol. The van der Waals surface area contributed by atoms with Crippen LogP contribution in [-0.2, 0) is 11.8 Å². The Hall–Kier alpha value is -2.13. The zero-order chi connectivity index (χ0) is 20.1. The lowest BCUT2D eigenvalue weighted by Crippen LogP contribution is -2.67. The fraction of sp³-hybridized carbons (Fsp3) is 0.500. The molecule has 2 heterocycles. The molecular weight excluding hydrogens is 356 g/mol. The van der Waals surface area contributed by atoms with Crippen molar-refractivity contribution in [2.75, 3.05) is 20.1 Å². The quantitative estimate of drug-likeness (QED) is 0.822. The van der Waals surface area contributed by atoms with Gasteiger partial charge in [0.05, 0.1) is 0 Å². The minimum absolute atomic E-state index is 0.0181. The number of rotatable bonds is 5. The van der Waals surface area contributed by atoms with Crippen molar-refractivity contribution in [2.45, 2.75) is 50.5 Å². The summed E-state index contributed by atoms with van der Waals surface area (Å²) in [5.41, 5.74) is 4.36. The standard InChI is InChI=1S/C26H32N2O/c1-19-25(22-10-6-9-21(17-22)24(29)27-2)14-16-28(23-11-13-26(19,23)18-25)15-12-20-7-4-3-5-8-20/h3-10,17,19,23H,11-16,18H2,1-2H3,(H,27,29). The van der Waals surface area contributed by atoms with Gasteiger partial charge in [0.25, 0.3) is 5.91 Å². The van der Waals surface area contributed by atoms with Gasteiger partial charge in [-0.2, -0.15) is 0 Å². The fourth-order valence-electron chi connectivity index (χ4n) is 6.81. The summed E-state index contributed by atoms with van der Waals surface area (Å²) in [5.74, 6) is 0.708. The van der Waals surface area contributed by atoms with Crippen LogP contribution in [0.3, 0.4) is 0 Å². The zero-order valence-electron chi connectivity index (χ0n) is 17.7. The lowest BCUT2D eigenvalue weighted by Gasteiger charge is -2.69. The van der Waals surface area contributed by atoms with Gasteiger partial charge in [-0.15, -0.1) is 0 Å². The third-order valence-electron chi connectivity index (χ3n) is 8.63. The molecule has 0 radical (unpaired) electrons. The van der Waals surface area contributed by atoms with E-state index >= 15 is 0 Å². The lowest BCUT2D eigenvalue weighted by molar-refractivity contribution is -0.154. The Kier molecular flexibility index (Phi) is 4.54. The van der Waals surface area contributed by atoms with Crippen LogP contribution in [0.5, 0.6) is 0 Å². The molecule has 4 aliphatic rings. The average Bonchev–Trinajstić information content (AvgIpc) is 2.89. The number of nitrogens with zero attached hydrogens (tertiary/aromatic N) is 1. The van der Waals surface area contributed by atoms with Gasteiger partial charge < -0.3 is 5.32 Å². The Morgan fingerprint density at radius 2 is 1.97 bits per heavy atom. The highest BCUT2D eigenvalue weighted by molar-refractivity contribution is 5.94. The molecule has 3 heteroatoms. The Bertz CT molecular complexity index is 910. The van der Waals surface area contributed by atoms with Gasteiger partial charge in [-0.3, -0.25) is 9.69 Å². The van der Waals surface area contributed by atoms with Crippen molar-refractivity contribution in [3.05, 3.63) is 71.3 Å². The third kappa shape index (κ3) is 2.78. The van der Waals surface area contributed by atoms with E-state index in [1.807, 2.05) is 6.07 Å². The second-order valence-corrected chi connectivity index (χ2v) is 9.52. The van der Waals surface area contributed by atoms with E-state index in [-0.39, 0.29) is 11.3 Å². The van der Waals surface area contributed by atoms with Crippen LogP contribution in [0.25, 0.3) is 0 Å². The molecule has 2 saturated carbocycles. The van der Waals surface area contributed by atoms with E-state index in [1.165, 1.54) is 43.4 Å². The highest BCUT2D eigenvalue weighted by atomic mass is 16.1. The number of hydrogen-bond acceptors (Lipinski definition) is 2. The predicted octanol–water partition coefficient (Wildman–Crippen LogP) is 4.42. The fourth-order valence-corrected chi connectivity index (χ4v) is 6.81. The zero-order valence-corrected chi connectivity index (χ0v) is 17.7. The smallest absolute Gasteiger partial charge is 0.251 e. The first-order valence-corrected chi connectivity index (χ1v) is 11.2. The molecule has 2 aliphatic carbocycles. The van der Waals surface area contributed by atoms with E-state index in [2.05, 4.69) is 65.7 Å². The number of benzene rings is 2.